The normalized spacial score (nSPS) is 10.5. The Labute approximate surface area is 103 Å². The highest BCUT2D eigenvalue weighted by atomic mass is 16.5. The summed E-state index contributed by atoms with van der Waals surface area (Å²) in [7, 11) is 1.09. The lowest BCUT2D eigenvalue weighted by molar-refractivity contribution is -0.137. The van der Waals surface area contributed by atoms with Gasteiger partial charge in [0.05, 0.1) is 6.61 Å². The van der Waals surface area contributed by atoms with Gasteiger partial charge in [0.15, 0.2) is 0 Å². The number of rotatable bonds is 5. The number of hydrogen-bond donors (Lipinski definition) is 0. The average molecular weight is 231 g/mol. The number of ether oxygens (including phenoxy) is 1. The Morgan fingerprint density at radius 1 is 1.59 bits per heavy atom. The molecule has 3 nitrogen and oxygen atoms in total. The first-order valence-corrected chi connectivity index (χ1v) is 5.97. The number of pyridine rings is 1. The van der Waals surface area contributed by atoms with Crippen LogP contribution in [0, 0.1) is 6.92 Å². The summed E-state index contributed by atoms with van der Waals surface area (Å²) < 4.78 is 4.81. The van der Waals surface area contributed by atoms with Crippen molar-refractivity contribution in [3.63, 3.8) is 0 Å². The molecule has 0 aliphatic carbocycles. The van der Waals surface area contributed by atoms with E-state index >= 15 is 0 Å². The first-order valence-electron chi connectivity index (χ1n) is 5.97. The minimum absolute atomic E-state index is 0.317. The zero-order valence-corrected chi connectivity index (χ0v) is 10.7. The minimum Gasteiger partial charge on any atom is -0.463 e. The second-order valence-corrected chi connectivity index (χ2v) is 3.87. The van der Waals surface area contributed by atoms with Crippen molar-refractivity contribution in [1.29, 1.82) is 0 Å². The topological polar surface area (TPSA) is 39.2 Å². The highest BCUT2D eigenvalue weighted by Crippen LogP contribution is 2.09. The Kier molecular flexibility index (Phi) is 5.47. The van der Waals surface area contributed by atoms with Crippen molar-refractivity contribution in [1.82, 2.24) is 4.98 Å². The van der Waals surface area contributed by atoms with Gasteiger partial charge >= 0.3 is 5.97 Å². The molecule has 0 radical (unpaired) electrons. The third-order valence-corrected chi connectivity index (χ3v) is 2.39. The molecule has 0 aliphatic heterocycles. The van der Waals surface area contributed by atoms with E-state index in [-0.39, 0.29) is 5.97 Å². The van der Waals surface area contributed by atoms with Crippen molar-refractivity contribution in [2.75, 3.05) is 6.61 Å². The lowest BCUT2D eigenvalue weighted by atomic mass is 9.76. The van der Waals surface area contributed by atoms with Gasteiger partial charge in [0, 0.05) is 18.0 Å². The molecule has 0 bridgehead atoms. The Hall–Kier alpha value is -1.58. The Morgan fingerprint density at radius 3 is 2.94 bits per heavy atom. The molecule has 1 heterocycles. The number of hydrogen-bond acceptors (Lipinski definition) is 3. The van der Waals surface area contributed by atoms with Crippen molar-refractivity contribution in [2.24, 2.45) is 0 Å². The van der Waals surface area contributed by atoms with Gasteiger partial charge in [0.2, 0.25) is 0 Å². The second-order valence-electron chi connectivity index (χ2n) is 3.87. The highest BCUT2D eigenvalue weighted by molar-refractivity contribution is 6.32. The highest BCUT2D eigenvalue weighted by Gasteiger charge is 2.00. The summed E-state index contributed by atoms with van der Waals surface area (Å²) >= 11 is 0. The Bertz CT molecular complexity index is 416. The van der Waals surface area contributed by atoms with Gasteiger partial charge in [-0.25, -0.2) is 4.79 Å². The summed E-state index contributed by atoms with van der Waals surface area (Å²) in [6.45, 7) is 6.36. The molecular formula is C13H18BNO2. The van der Waals surface area contributed by atoms with Crippen LogP contribution in [0.1, 0.15) is 23.7 Å². The van der Waals surface area contributed by atoms with Gasteiger partial charge in [0.1, 0.15) is 7.28 Å². The quantitative estimate of drug-likeness (QED) is 0.441. The van der Waals surface area contributed by atoms with Crippen LogP contribution in [0.25, 0.3) is 6.08 Å². The molecule has 4 heteroatoms. The molecule has 0 spiro atoms. The molecule has 0 unspecified atom stereocenters. The molecule has 0 aliphatic rings. The molecule has 90 valence electrons. The smallest absolute Gasteiger partial charge is 0.330 e. The van der Waals surface area contributed by atoms with Gasteiger partial charge in [-0.3, -0.25) is 4.98 Å². The lowest BCUT2D eigenvalue weighted by Crippen LogP contribution is -2.00. The van der Waals surface area contributed by atoms with Crippen LogP contribution in [-0.4, -0.2) is 24.8 Å². The zero-order valence-electron chi connectivity index (χ0n) is 10.7. The zero-order chi connectivity index (χ0) is 12.7. The number of carbonyl (C=O) groups excluding carboxylic acids is 1. The monoisotopic (exact) mass is 231 g/mol. The second kappa shape index (κ2) is 6.89. The number of carbonyl (C=O) groups is 1. The van der Waals surface area contributed by atoms with Gasteiger partial charge in [-0.15, -0.1) is 0 Å². The lowest BCUT2D eigenvalue weighted by Gasteiger charge is -2.03. The van der Waals surface area contributed by atoms with Crippen molar-refractivity contribution >= 4 is 19.3 Å². The summed E-state index contributed by atoms with van der Waals surface area (Å²) in [4.78, 5) is 15.5. The number of aryl methyl sites for hydroxylation is 1. The molecule has 1 aromatic heterocycles. The van der Waals surface area contributed by atoms with E-state index in [1.807, 2.05) is 13.0 Å². The van der Waals surface area contributed by atoms with Gasteiger partial charge < -0.3 is 4.74 Å². The molecule has 0 saturated heterocycles. The fourth-order valence-electron chi connectivity index (χ4n) is 1.57. The van der Waals surface area contributed by atoms with Crippen molar-refractivity contribution in [3.8, 4) is 0 Å². The molecule has 0 N–H and O–H groups in total. The van der Waals surface area contributed by atoms with Crippen molar-refractivity contribution in [3.05, 3.63) is 35.2 Å². The maximum Gasteiger partial charge on any atom is 0.330 e. The molecule has 17 heavy (non-hydrogen) atoms. The number of nitrogens with zero attached hydrogens (tertiary/aromatic N) is 1. The molecule has 1 aromatic rings. The van der Waals surface area contributed by atoms with E-state index in [0.717, 1.165) is 30.4 Å². The van der Waals surface area contributed by atoms with Crippen molar-refractivity contribution in [2.45, 2.75) is 27.0 Å². The van der Waals surface area contributed by atoms with E-state index in [4.69, 9.17) is 4.74 Å². The summed E-state index contributed by atoms with van der Waals surface area (Å²) in [5.41, 5.74) is 3.22. The van der Waals surface area contributed by atoms with Gasteiger partial charge in [-0.2, -0.15) is 0 Å². The van der Waals surface area contributed by atoms with E-state index in [0.29, 0.717) is 6.61 Å². The molecule has 0 atom stereocenters. The van der Waals surface area contributed by atoms with Crippen LogP contribution in [-0.2, 0) is 15.9 Å². The predicted octanol–water partition coefficient (Wildman–Crippen LogP) is 1.95. The maximum atomic E-state index is 11.1. The van der Waals surface area contributed by atoms with Crippen LogP contribution >= 0.6 is 0 Å². The largest absolute Gasteiger partial charge is 0.463 e. The van der Waals surface area contributed by atoms with E-state index in [9.17, 15) is 4.79 Å². The molecule has 0 saturated carbocycles. The molecular weight excluding hydrogens is 213 g/mol. The third kappa shape index (κ3) is 4.43. The van der Waals surface area contributed by atoms with Crippen LogP contribution in [0.4, 0.5) is 0 Å². The Morgan fingerprint density at radius 2 is 2.35 bits per heavy atom. The van der Waals surface area contributed by atoms with Crippen molar-refractivity contribution < 1.29 is 9.53 Å². The summed E-state index contributed by atoms with van der Waals surface area (Å²) in [5.74, 6) is -0.317. The van der Waals surface area contributed by atoms with E-state index < -0.39 is 0 Å². The molecule has 0 amide bonds. The van der Waals surface area contributed by atoms with E-state index in [2.05, 4.69) is 11.8 Å². The van der Waals surface area contributed by atoms with Crippen LogP contribution in [0.15, 0.2) is 18.3 Å². The number of aromatic nitrogens is 1. The average Bonchev–Trinajstić information content (AvgIpc) is 2.30. The molecule has 0 aromatic carbocycles. The molecule has 1 rings (SSSR count). The number of esters is 1. The fourth-order valence-corrected chi connectivity index (χ4v) is 1.57. The van der Waals surface area contributed by atoms with E-state index in [1.54, 1.807) is 19.2 Å². The standard InChI is InChI=1S/C13H18BNO2/c1-4-17-13(16)6-5-11-7-10(2)12(8-14-3)15-9-11/h5-7,9,14H,4,8H2,1-3H3/b6-5+. The summed E-state index contributed by atoms with van der Waals surface area (Å²) in [5, 5.41) is 0. The van der Waals surface area contributed by atoms with E-state index in [1.165, 1.54) is 6.08 Å². The van der Waals surface area contributed by atoms with Crippen LogP contribution < -0.4 is 0 Å². The minimum atomic E-state index is -0.317. The van der Waals surface area contributed by atoms with Crippen LogP contribution in [0.2, 0.25) is 6.82 Å². The van der Waals surface area contributed by atoms with Gasteiger partial charge in [-0.1, -0.05) is 6.82 Å². The van der Waals surface area contributed by atoms with Gasteiger partial charge in [-0.05, 0) is 43.4 Å². The fraction of sp³-hybridized carbons (Fsp3) is 0.385. The van der Waals surface area contributed by atoms with Gasteiger partial charge in [0.25, 0.3) is 0 Å². The third-order valence-electron chi connectivity index (χ3n) is 2.39. The maximum absolute atomic E-state index is 11.1. The SMILES string of the molecule is CBCc1ncc(/C=C/C(=O)OCC)cc1C. The first kappa shape index (κ1) is 13.5. The molecule has 0 fully saturated rings. The first-order chi connectivity index (χ1) is 8.17. The summed E-state index contributed by atoms with van der Waals surface area (Å²) in [6, 6.07) is 2.04. The van der Waals surface area contributed by atoms with Crippen LogP contribution in [0.3, 0.4) is 0 Å². The predicted molar refractivity (Wildman–Crippen MR) is 71.4 cm³/mol. The van der Waals surface area contributed by atoms with Crippen LogP contribution in [0.5, 0.6) is 0 Å². The Balaban J connectivity index is 2.73. The summed E-state index contributed by atoms with van der Waals surface area (Å²) in [6.07, 6.45) is 5.94.